The summed E-state index contributed by atoms with van der Waals surface area (Å²) < 4.78 is 27.3. The second-order valence-corrected chi connectivity index (χ2v) is 6.24. The van der Waals surface area contributed by atoms with Crippen LogP contribution in [-0.4, -0.2) is 36.2 Å². The molecule has 0 radical (unpaired) electrons. The zero-order valence-electron chi connectivity index (χ0n) is 11.9. The number of phenolic OH excluding ortho intramolecular Hbond substituents is 1. The number of benzene rings is 1. The van der Waals surface area contributed by atoms with Gasteiger partial charge in [0.25, 0.3) is 0 Å². The Labute approximate surface area is 131 Å². The average Bonchev–Trinajstić information content (AvgIpc) is 2.47. The van der Waals surface area contributed by atoms with Crippen LogP contribution in [0, 0.1) is 11.6 Å². The molecule has 2 N–H and O–H groups in total. The molecule has 1 saturated heterocycles. The van der Waals surface area contributed by atoms with Crippen LogP contribution < -0.4 is 5.32 Å². The standard InChI is InChI=1S/C15H19BrF2N2O/c1-9(2)7-12(20-5-3-19-4-6-20)10-8-11(16)13(17)14(18)15(10)21/h8,12,19,21H,1,3-7H2,2H3/t12-/m1/s1. The third-order valence-electron chi connectivity index (χ3n) is 3.66. The molecule has 1 heterocycles. The molecule has 1 fully saturated rings. The minimum absolute atomic E-state index is 0.0228. The van der Waals surface area contributed by atoms with Gasteiger partial charge in [0.2, 0.25) is 5.82 Å². The van der Waals surface area contributed by atoms with Gasteiger partial charge < -0.3 is 10.4 Å². The number of hydrogen-bond donors (Lipinski definition) is 2. The van der Waals surface area contributed by atoms with Crippen molar-refractivity contribution in [3.8, 4) is 5.75 Å². The molecule has 1 aromatic rings. The molecule has 0 aromatic heterocycles. The minimum Gasteiger partial charge on any atom is -0.505 e. The highest BCUT2D eigenvalue weighted by Crippen LogP contribution is 2.38. The van der Waals surface area contributed by atoms with Crippen molar-refractivity contribution in [1.29, 1.82) is 0 Å². The Bertz CT molecular complexity index is 545. The molecule has 0 amide bonds. The van der Waals surface area contributed by atoms with Crippen molar-refractivity contribution in [3.63, 3.8) is 0 Å². The summed E-state index contributed by atoms with van der Waals surface area (Å²) in [5, 5.41) is 13.3. The number of hydrogen-bond acceptors (Lipinski definition) is 3. The lowest BCUT2D eigenvalue weighted by atomic mass is 9.96. The van der Waals surface area contributed by atoms with Crippen LogP contribution in [0.3, 0.4) is 0 Å². The van der Waals surface area contributed by atoms with Crippen molar-refractivity contribution in [3.05, 3.63) is 39.9 Å². The highest BCUT2D eigenvalue weighted by molar-refractivity contribution is 9.10. The van der Waals surface area contributed by atoms with Crippen molar-refractivity contribution >= 4 is 15.9 Å². The molecule has 0 spiro atoms. The maximum atomic E-state index is 13.8. The van der Waals surface area contributed by atoms with Crippen molar-refractivity contribution < 1.29 is 13.9 Å². The number of nitrogens with one attached hydrogen (secondary N) is 1. The summed E-state index contributed by atoms with van der Waals surface area (Å²) in [4.78, 5) is 2.16. The molecule has 2 rings (SSSR count). The maximum Gasteiger partial charge on any atom is 0.201 e. The number of rotatable bonds is 4. The highest BCUT2D eigenvalue weighted by Gasteiger charge is 2.28. The number of piperazine rings is 1. The quantitative estimate of drug-likeness (QED) is 0.638. The fraction of sp³-hybridized carbons (Fsp3) is 0.467. The molecule has 1 aliphatic heterocycles. The molecule has 6 heteroatoms. The Morgan fingerprint density at radius 2 is 2.05 bits per heavy atom. The first-order valence-electron chi connectivity index (χ1n) is 6.87. The zero-order valence-corrected chi connectivity index (χ0v) is 13.5. The number of nitrogens with zero attached hydrogens (tertiary/aromatic N) is 1. The fourth-order valence-electron chi connectivity index (χ4n) is 2.62. The van der Waals surface area contributed by atoms with Crippen LogP contribution in [0.25, 0.3) is 0 Å². The molecule has 0 aliphatic carbocycles. The Kier molecular flexibility index (Phi) is 5.35. The summed E-state index contributed by atoms with van der Waals surface area (Å²) in [7, 11) is 0. The highest BCUT2D eigenvalue weighted by atomic mass is 79.9. The molecular formula is C15H19BrF2N2O. The van der Waals surface area contributed by atoms with Gasteiger partial charge in [-0.1, -0.05) is 5.57 Å². The lowest BCUT2D eigenvalue weighted by molar-refractivity contribution is 0.169. The molecule has 0 bridgehead atoms. The van der Waals surface area contributed by atoms with E-state index in [1.165, 1.54) is 6.07 Å². The summed E-state index contributed by atoms with van der Waals surface area (Å²) in [6, 6.07) is 1.25. The van der Waals surface area contributed by atoms with Crippen LogP contribution in [0.5, 0.6) is 5.75 Å². The fourth-order valence-corrected chi connectivity index (χ4v) is 3.04. The van der Waals surface area contributed by atoms with Gasteiger partial charge in [0, 0.05) is 37.8 Å². The molecule has 1 atom stereocenters. The summed E-state index contributed by atoms with van der Waals surface area (Å²) in [6.45, 7) is 9.03. The van der Waals surface area contributed by atoms with Crippen molar-refractivity contribution in [2.75, 3.05) is 26.2 Å². The Balaban J connectivity index is 2.42. The first kappa shape index (κ1) is 16.4. The van der Waals surface area contributed by atoms with E-state index in [2.05, 4.69) is 32.7 Å². The van der Waals surface area contributed by atoms with Crippen LogP contribution in [0.2, 0.25) is 0 Å². The molecule has 116 valence electrons. The van der Waals surface area contributed by atoms with E-state index in [-0.39, 0.29) is 10.5 Å². The molecule has 3 nitrogen and oxygen atoms in total. The SMILES string of the molecule is C=C(C)C[C@H](c1cc(Br)c(F)c(F)c1O)N1CCNCC1. The van der Waals surface area contributed by atoms with Gasteiger partial charge in [-0.3, -0.25) is 4.90 Å². The number of halogens is 3. The van der Waals surface area contributed by atoms with E-state index in [0.717, 1.165) is 31.8 Å². The average molecular weight is 361 g/mol. The van der Waals surface area contributed by atoms with Gasteiger partial charge in [0.15, 0.2) is 11.6 Å². The van der Waals surface area contributed by atoms with Gasteiger partial charge in [0.1, 0.15) is 0 Å². The van der Waals surface area contributed by atoms with Gasteiger partial charge in [-0.15, -0.1) is 6.58 Å². The Hall–Kier alpha value is -0.980. The third-order valence-corrected chi connectivity index (χ3v) is 4.24. The van der Waals surface area contributed by atoms with E-state index in [9.17, 15) is 13.9 Å². The van der Waals surface area contributed by atoms with Gasteiger partial charge in [-0.2, -0.15) is 4.39 Å². The van der Waals surface area contributed by atoms with Gasteiger partial charge >= 0.3 is 0 Å². The van der Waals surface area contributed by atoms with Crippen molar-refractivity contribution in [1.82, 2.24) is 10.2 Å². The van der Waals surface area contributed by atoms with E-state index in [1.807, 2.05) is 6.92 Å². The lowest BCUT2D eigenvalue weighted by Gasteiger charge is -2.35. The van der Waals surface area contributed by atoms with Gasteiger partial charge in [0.05, 0.1) is 4.47 Å². The van der Waals surface area contributed by atoms with Gasteiger partial charge in [-0.05, 0) is 35.3 Å². The first-order chi connectivity index (χ1) is 9.91. The van der Waals surface area contributed by atoms with Crippen LogP contribution in [0.15, 0.2) is 22.7 Å². The smallest absolute Gasteiger partial charge is 0.201 e. The minimum atomic E-state index is -1.21. The molecule has 1 aromatic carbocycles. The maximum absolute atomic E-state index is 13.8. The van der Waals surface area contributed by atoms with Crippen molar-refractivity contribution in [2.45, 2.75) is 19.4 Å². The van der Waals surface area contributed by atoms with Crippen LogP contribution in [0.4, 0.5) is 8.78 Å². The van der Waals surface area contributed by atoms with E-state index in [0.29, 0.717) is 12.0 Å². The monoisotopic (exact) mass is 360 g/mol. The molecule has 0 saturated carbocycles. The van der Waals surface area contributed by atoms with Gasteiger partial charge in [-0.25, -0.2) is 4.39 Å². The molecular weight excluding hydrogens is 342 g/mol. The number of aromatic hydroxyl groups is 1. The third kappa shape index (κ3) is 3.62. The lowest BCUT2D eigenvalue weighted by Crippen LogP contribution is -2.45. The van der Waals surface area contributed by atoms with Crippen LogP contribution in [-0.2, 0) is 0 Å². The van der Waals surface area contributed by atoms with Crippen LogP contribution in [0.1, 0.15) is 24.9 Å². The summed E-state index contributed by atoms with van der Waals surface area (Å²) in [5.74, 6) is -2.88. The van der Waals surface area contributed by atoms with E-state index in [4.69, 9.17) is 0 Å². The molecule has 21 heavy (non-hydrogen) atoms. The van der Waals surface area contributed by atoms with Crippen molar-refractivity contribution in [2.24, 2.45) is 0 Å². The first-order valence-corrected chi connectivity index (χ1v) is 7.66. The van der Waals surface area contributed by atoms with E-state index >= 15 is 0 Å². The predicted octanol–water partition coefficient (Wildman–Crippen LogP) is 3.35. The summed E-state index contributed by atoms with van der Waals surface area (Å²) >= 11 is 3.01. The van der Waals surface area contributed by atoms with E-state index in [1.54, 1.807) is 0 Å². The van der Waals surface area contributed by atoms with E-state index < -0.39 is 17.4 Å². The number of phenols is 1. The molecule has 1 aliphatic rings. The predicted molar refractivity (Wildman–Crippen MR) is 82.3 cm³/mol. The zero-order chi connectivity index (χ0) is 15.6. The van der Waals surface area contributed by atoms with Crippen LogP contribution >= 0.6 is 15.9 Å². The second kappa shape index (κ2) is 6.85. The topological polar surface area (TPSA) is 35.5 Å². The summed E-state index contributed by atoms with van der Waals surface area (Å²) in [6.07, 6.45) is 0.588. The second-order valence-electron chi connectivity index (χ2n) is 5.39. The largest absolute Gasteiger partial charge is 0.505 e. The Morgan fingerprint density at radius 1 is 1.43 bits per heavy atom. The normalized spacial score (nSPS) is 17.7. The molecule has 0 unspecified atom stereocenters. The Morgan fingerprint density at radius 3 is 2.62 bits per heavy atom. The summed E-state index contributed by atoms with van der Waals surface area (Å²) in [5.41, 5.74) is 1.32.